The molecule has 1 aromatic heterocycles. The largest absolute Gasteiger partial charge is 0.487 e. The fourth-order valence-corrected chi connectivity index (χ4v) is 3.06. The zero-order chi connectivity index (χ0) is 17.2. The summed E-state index contributed by atoms with van der Waals surface area (Å²) in [7, 11) is 0. The number of carbonyl (C=O) groups excluding carboxylic acids is 1. The van der Waals surface area contributed by atoms with Gasteiger partial charge in [0.2, 0.25) is 0 Å². The number of alkyl carbamates (subject to hydrolysis) is 1. The summed E-state index contributed by atoms with van der Waals surface area (Å²) in [5.74, 6) is 0.628. The molecule has 1 aliphatic rings. The van der Waals surface area contributed by atoms with E-state index in [-0.39, 0.29) is 18.2 Å². The van der Waals surface area contributed by atoms with Gasteiger partial charge in [0.15, 0.2) is 5.75 Å². The third-order valence-corrected chi connectivity index (χ3v) is 4.42. The lowest BCUT2D eigenvalue weighted by Crippen LogP contribution is -2.38. The first-order chi connectivity index (χ1) is 10.6. The summed E-state index contributed by atoms with van der Waals surface area (Å²) in [6, 6.07) is 1.82. The van der Waals surface area contributed by atoms with Gasteiger partial charge in [0.05, 0.1) is 10.7 Å². The monoisotopic (exact) mass is 404 g/mol. The summed E-state index contributed by atoms with van der Waals surface area (Å²) in [5, 5.41) is 3.47. The first-order valence-corrected chi connectivity index (χ1v) is 8.80. The predicted molar refractivity (Wildman–Crippen MR) is 93.1 cm³/mol. The van der Waals surface area contributed by atoms with Crippen LogP contribution in [0.2, 0.25) is 5.02 Å². The van der Waals surface area contributed by atoms with Crippen molar-refractivity contribution in [2.45, 2.75) is 64.7 Å². The molecule has 1 N–H and O–H groups in total. The Balaban J connectivity index is 1.89. The van der Waals surface area contributed by atoms with Crippen molar-refractivity contribution in [3.8, 4) is 5.75 Å². The molecule has 1 aliphatic carbocycles. The van der Waals surface area contributed by atoms with Gasteiger partial charge in [0.25, 0.3) is 0 Å². The van der Waals surface area contributed by atoms with Crippen LogP contribution in [0.25, 0.3) is 0 Å². The van der Waals surface area contributed by atoms with Crippen LogP contribution in [0.5, 0.6) is 5.75 Å². The van der Waals surface area contributed by atoms with Crippen LogP contribution in [-0.4, -0.2) is 28.8 Å². The van der Waals surface area contributed by atoms with Crippen LogP contribution in [0.4, 0.5) is 4.79 Å². The molecule has 23 heavy (non-hydrogen) atoms. The molecule has 0 radical (unpaired) electrons. The second-order valence-electron chi connectivity index (χ2n) is 6.74. The predicted octanol–water partition coefficient (Wildman–Crippen LogP) is 4.63. The second-order valence-corrected chi connectivity index (χ2v) is 7.90. The molecule has 2 rings (SSSR count). The van der Waals surface area contributed by atoms with Gasteiger partial charge in [-0.15, -0.1) is 0 Å². The molecular weight excluding hydrogens is 384 g/mol. The Morgan fingerprint density at radius 1 is 1.43 bits per heavy atom. The maximum atomic E-state index is 11.8. The number of nitrogens with one attached hydrogen (secondary N) is 1. The van der Waals surface area contributed by atoms with Gasteiger partial charge in [-0.3, -0.25) is 0 Å². The third-order valence-electron chi connectivity index (χ3n) is 3.47. The van der Waals surface area contributed by atoms with E-state index in [4.69, 9.17) is 21.1 Å². The molecule has 0 unspecified atom stereocenters. The maximum Gasteiger partial charge on any atom is 0.407 e. The summed E-state index contributed by atoms with van der Waals surface area (Å²) < 4.78 is 11.9. The molecule has 2 atom stereocenters. The van der Waals surface area contributed by atoms with Crippen LogP contribution in [0.1, 0.15) is 45.7 Å². The fraction of sp³-hybridized carbons (Fsp3) is 0.625. The number of aryl methyl sites for hydroxylation is 1. The van der Waals surface area contributed by atoms with Crippen molar-refractivity contribution in [1.82, 2.24) is 10.3 Å². The zero-order valence-corrected chi connectivity index (χ0v) is 16.1. The number of ether oxygens (including phenoxy) is 2. The van der Waals surface area contributed by atoms with Crippen molar-refractivity contribution < 1.29 is 14.3 Å². The van der Waals surface area contributed by atoms with Crippen molar-refractivity contribution in [3.05, 3.63) is 21.4 Å². The highest BCUT2D eigenvalue weighted by Crippen LogP contribution is 2.32. The Kier molecular flexibility index (Phi) is 5.79. The number of hydrogen-bond donors (Lipinski definition) is 1. The molecule has 1 heterocycles. The number of rotatable bonds is 3. The van der Waals surface area contributed by atoms with Crippen LogP contribution in [0, 0.1) is 6.92 Å². The molecule has 128 valence electrons. The number of carbonyl (C=O) groups is 1. The molecule has 0 aromatic carbocycles. The van der Waals surface area contributed by atoms with Gasteiger partial charge in [0.1, 0.15) is 16.3 Å². The first-order valence-electron chi connectivity index (χ1n) is 7.63. The van der Waals surface area contributed by atoms with Crippen molar-refractivity contribution >= 4 is 33.6 Å². The summed E-state index contributed by atoms with van der Waals surface area (Å²) >= 11 is 9.49. The van der Waals surface area contributed by atoms with Gasteiger partial charge >= 0.3 is 6.09 Å². The number of nitrogens with zero attached hydrogens (tertiary/aromatic N) is 1. The molecule has 1 saturated carbocycles. The number of halogens is 2. The van der Waals surface area contributed by atoms with Gasteiger partial charge in [-0.05, 0) is 56.5 Å². The van der Waals surface area contributed by atoms with E-state index in [2.05, 4.69) is 26.2 Å². The highest BCUT2D eigenvalue weighted by molar-refractivity contribution is 9.10. The van der Waals surface area contributed by atoms with Crippen molar-refractivity contribution in [2.24, 2.45) is 0 Å². The van der Waals surface area contributed by atoms with Crippen molar-refractivity contribution in [2.75, 3.05) is 0 Å². The Labute approximate surface area is 150 Å². The van der Waals surface area contributed by atoms with E-state index < -0.39 is 5.60 Å². The molecular formula is C16H22BrClN2O3. The van der Waals surface area contributed by atoms with E-state index in [0.29, 0.717) is 15.4 Å². The van der Waals surface area contributed by atoms with Crippen LogP contribution < -0.4 is 10.1 Å². The van der Waals surface area contributed by atoms with Crippen LogP contribution in [0.15, 0.2) is 10.7 Å². The van der Waals surface area contributed by atoms with Gasteiger partial charge in [-0.25, -0.2) is 9.78 Å². The van der Waals surface area contributed by atoms with E-state index in [1.807, 2.05) is 27.7 Å². The van der Waals surface area contributed by atoms with E-state index in [9.17, 15) is 4.79 Å². The average Bonchev–Trinajstić information content (AvgIpc) is 2.80. The molecule has 5 nitrogen and oxygen atoms in total. The molecule has 0 aliphatic heterocycles. The molecule has 0 spiro atoms. The van der Waals surface area contributed by atoms with E-state index in [1.54, 1.807) is 6.07 Å². The highest BCUT2D eigenvalue weighted by Gasteiger charge is 2.29. The average molecular weight is 406 g/mol. The van der Waals surface area contributed by atoms with Crippen molar-refractivity contribution in [3.63, 3.8) is 0 Å². The minimum atomic E-state index is -0.492. The van der Waals surface area contributed by atoms with Crippen LogP contribution in [0.3, 0.4) is 0 Å². The lowest BCUT2D eigenvalue weighted by molar-refractivity contribution is 0.0503. The summed E-state index contributed by atoms with van der Waals surface area (Å²) in [6.07, 6.45) is 2.08. The normalized spacial score (nSPS) is 21.1. The Morgan fingerprint density at radius 3 is 2.78 bits per heavy atom. The van der Waals surface area contributed by atoms with Gasteiger partial charge in [0, 0.05) is 18.5 Å². The van der Waals surface area contributed by atoms with Gasteiger partial charge in [-0.2, -0.15) is 0 Å². The number of aromatic nitrogens is 1. The lowest BCUT2D eigenvalue weighted by Gasteiger charge is -2.22. The van der Waals surface area contributed by atoms with Crippen LogP contribution >= 0.6 is 27.5 Å². The molecule has 0 saturated heterocycles. The lowest BCUT2D eigenvalue weighted by atomic mass is 10.2. The summed E-state index contributed by atoms with van der Waals surface area (Å²) in [6.45, 7) is 7.38. The standard InChI is InChI=1S/C16H22BrClN2O3/c1-9-12(18)8-13(14(17)19-9)22-11-6-5-10(7-11)20-15(21)23-16(2,3)4/h8,10-11H,5-7H2,1-4H3,(H,20,21)/t10-,11+/m0/s1. The molecule has 1 fully saturated rings. The smallest absolute Gasteiger partial charge is 0.407 e. The van der Waals surface area contributed by atoms with E-state index in [0.717, 1.165) is 25.0 Å². The van der Waals surface area contributed by atoms with Crippen molar-refractivity contribution in [1.29, 1.82) is 0 Å². The Bertz CT molecular complexity index is 589. The molecule has 1 aromatic rings. The molecule has 7 heteroatoms. The third kappa shape index (κ3) is 5.53. The topological polar surface area (TPSA) is 60.5 Å². The quantitative estimate of drug-likeness (QED) is 0.745. The summed E-state index contributed by atoms with van der Waals surface area (Å²) in [5.41, 5.74) is 0.259. The first kappa shape index (κ1) is 18.3. The Hall–Kier alpha value is -1.01. The minimum absolute atomic E-state index is 0.0202. The SMILES string of the molecule is Cc1nc(Br)c(O[C@@H]2CC[C@H](NC(=O)OC(C)(C)C)C2)cc1Cl. The maximum absolute atomic E-state index is 11.8. The number of pyridine rings is 1. The minimum Gasteiger partial charge on any atom is -0.487 e. The van der Waals surface area contributed by atoms with E-state index in [1.165, 1.54) is 0 Å². The van der Waals surface area contributed by atoms with Gasteiger partial charge < -0.3 is 14.8 Å². The second kappa shape index (κ2) is 7.26. The molecule has 0 bridgehead atoms. The fourth-order valence-electron chi connectivity index (χ4n) is 2.45. The summed E-state index contributed by atoms with van der Waals surface area (Å²) in [4.78, 5) is 16.1. The highest BCUT2D eigenvalue weighted by atomic mass is 79.9. The van der Waals surface area contributed by atoms with E-state index >= 15 is 0 Å². The molecule has 1 amide bonds. The van der Waals surface area contributed by atoms with Gasteiger partial charge in [-0.1, -0.05) is 11.6 Å². The zero-order valence-electron chi connectivity index (χ0n) is 13.8. The number of amides is 1. The number of hydrogen-bond acceptors (Lipinski definition) is 4. The van der Waals surface area contributed by atoms with Crippen LogP contribution in [-0.2, 0) is 4.74 Å². The Morgan fingerprint density at radius 2 is 2.13 bits per heavy atom.